The Bertz CT molecular complexity index is 778. The molecule has 3 rings (SSSR count). The van der Waals surface area contributed by atoms with E-state index in [0.29, 0.717) is 13.1 Å². The summed E-state index contributed by atoms with van der Waals surface area (Å²) in [7, 11) is 3.31. The zero-order chi connectivity index (χ0) is 20.6. The molecule has 1 saturated heterocycles. The highest BCUT2D eigenvalue weighted by Gasteiger charge is 2.25. The molecular formula is C22H30N4O3. The molecule has 7 heteroatoms. The van der Waals surface area contributed by atoms with Gasteiger partial charge in [-0.15, -0.1) is 0 Å². The van der Waals surface area contributed by atoms with Crippen molar-refractivity contribution < 1.29 is 14.3 Å². The van der Waals surface area contributed by atoms with Crippen LogP contribution in [0, 0.1) is 0 Å². The molecule has 1 aliphatic rings. The van der Waals surface area contributed by atoms with E-state index in [1.165, 1.54) is 0 Å². The van der Waals surface area contributed by atoms with Gasteiger partial charge in [-0.05, 0) is 43.2 Å². The summed E-state index contributed by atoms with van der Waals surface area (Å²) in [5.41, 5.74) is 2.03. The van der Waals surface area contributed by atoms with E-state index in [1.54, 1.807) is 25.3 Å². The van der Waals surface area contributed by atoms with Gasteiger partial charge < -0.3 is 19.7 Å². The fraction of sp³-hybridized carbons (Fsp3) is 0.455. The first-order valence-corrected chi connectivity index (χ1v) is 10.0. The van der Waals surface area contributed by atoms with Crippen LogP contribution < -0.4 is 14.8 Å². The molecular weight excluding hydrogens is 368 g/mol. The molecule has 2 amide bonds. The van der Waals surface area contributed by atoms with Crippen LogP contribution in [0.15, 0.2) is 42.6 Å². The van der Waals surface area contributed by atoms with Gasteiger partial charge in [0.05, 0.1) is 26.5 Å². The lowest BCUT2D eigenvalue weighted by molar-refractivity contribution is 0.193. The lowest BCUT2D eigenvalue weighted by atomic mass is 10.2. The van der Waals surface area contributed by atoms with E-state index in [-0.39, 0.29) is 12.1 Å². The van der Waals surface area contributed by atoms with E-state index >= 15 is 0 Å². The van der Waals surface area contributed by atoms with Crippen molar-refractivity contribution in [2.24, 2.45) is 0 Å². The van der Waals surface area contributed by atoms with Crippen molar-refractivity contribution in [2.75, 3.05) is 33.9 Å². The smallest absolute Gasteiger partial charge is 0.318 e. The number of aromatic nitrogens is 1. The van der Waals surface area contributed by atoms with Crippen LogP contribution in [0.2, 0.25) is 0 Å². The highest BCUT2D eigenvalue weighted by molar-refractivity contribution is 5.74. The average molecular weight is 399 g/mol. The number of carbonyl (C=O) groups excluding carboxylic acids is 1. The molecule has 2 heterocycles. The number of carbonyl (C=O) groups is 1. The lowest BCUT2D eigenvalue weighted by Gasteiger charge is -2.24. The number of likely N-dealkylation sites (tertiary alicyclic amines) is 1. The fourth-order valence-corrected chi connectivity index (χ4v) is 3.59. The van der Waals surface area contributed by atoms with Crippen LogP contribution in [0.1, 0.15) is 24.6 Å². The number of hydrogen-bond acceptors (Lipinski definition) is 5. The van der Waals surface area contributed by atoms with E-state index in [2.05, 4.69) is 15.2 Å². The predicted octanol–water partition coefficient (Wildman–Crippen LogP) is 2.90. The first-order valence-electron chi connectivity index (χ1n) is 10.0. The van der Waals surface area contributed by atoms with Crippen molar-refractivity contribution in [1.29, 1.82) is 0 Å². The maximum Gasteiger partial charge on any atom is 0.318 e. The largest absolute Gasteiger partial charge is 0.497 e. The Labute approximate surface area is 172 Å². The van der Waals surface area contributed by atoms with Gasteiger partial charge >= 0.3 is 6.03 Å². The van der Waals surface area contributed by atoms with Crippen molar-refractivity contribution in [3.05, 3.63) is 53.9 Å². The molecule has 7 nitrogen and oxygen atoms in total. The predicted molar refractivity (Wildman–Crippen MR) is 112 cm³/mol. The minimum absolute atomic E-state index is 0.0342. The van der Waals surface area contributed by atoms with Crippen LogP contribution >= 0.6 is 0 Å². The van der Waals surface area contributed by atoms with E-state index in [9.17, 15) is 4.79 Å². The Morgan fingerprint density at radius 3 is 2.62 bits per heavy atom. The molecule has 1 N–H and O–H groups in total. The number of hydrogen-bond donors (Lipinski definition) is 1. The summed E-state index contributed by atoms with van der Waals surface area (Å²) in [5.74, 6) is 1.58. The summed E-state index contributed by atoms with van der Waals surface area (Å²) in [4.78, 5) is 21.2. The van der Waals surface area contributed by atoms with Gasteiger partial charge in [-0.3, -0.25) is 9.88 Å². The van der Waals surface area contributed by atoms with Gasteiger partial charge in [0.15, 0.2) is 0 Å². The zero-order valence-electron chi connectivity index (χ0n) is 17.4. The molecule has 0 saturated carbocycles. The monoisotopic (exact) mass is 398 g/mol. The average Bonchev–Trinajstić information content (AvgIpc) is 3.18. The molecule has 29 heavy (non-hydrogen) atoms. The molecule has 2 aromatic rings. The molecule has 0 spiro atoms. The van der Waals surface area contributed by atoms with Gasteiger partial charge in [-0.1, -0.05) is 6.07 Å². The highest BCUT2D eigenvalue weighted by atomic mass is 16.5. The number of amides is 2. The van der Waals surface area contributed by atoms with E-state index in [0.717, 1.165) is 48.8 Å². The first kappa shape index (κ1) is 20.9. The van der Waals surface area contributed by atoms with E-state index < -0.39 is 0 Å². The normalized spacial score (nSPS) is 16.4. The number of rotatable bonds is 8. The van der Waals surface area contributed by atoms with Crippen molar-refractivity contribution in [1.82, 2.24) is 20.1 Å². The first-order chi connectivity index (χ1) is 14.1. The maximum absolute atomic E-state index is 12.7. The van der Waals surface area contributed by atoms with Gasteiger partial charge in [0.2, 0.25) is 0 Å². The Morgan fingerprint density at radius 2 is 2.00 bits per heavy atom. The second-order valence-electron chi connectivity index (χ2n) is 7.23. The molecule has 156 valence electrons. The Hall–Kier alpha value is -2.80. The third kappa shape index (κ3) is 5.84. The number of ether oxygens (including phenoxy) is 2. The number of nitrogens with zero attached hydrogens (tertiary/aromatic N) is 3. The van der Waals surface area contributed by atoms with Gasteiger partial charge in [0.25, 0.3) is 0 Å². The summed E-state index contributed by atoms with van der Waals surface area (Å²) in [6.45, 7) is 5.71. The van der Waals surface area contributed by atoms with Crippen LogP contribution in [0.5, 0.6) is 11.5 Å². The number of methoxy groups -OCH3 is 2. The third-order valence-corrected chi connectivity index (χ3v) is 5.17. The number of benzene rings is 1. The van der Waals surface area contributed by atoms with Gasteiger partial charge in [-0.25, -0.2) is 4.79 Å². The van der Waals surface area contributed by atoms with Crippen molar-refractivity contribution in [2.45, 2.75) is 32.5 Å². The minimum atomic E-state index is -0.0342. The van der Waals surface area contributed by atoms with Crippen LogP contribution in [0.4, 0.5) is 4.79 Å². The van der Waals surface area contributed by atoms with Gasteiger partial charge in [0.1, 0.15) is 11.5 Å². The quantitative estimate of drug-likeness (QED) is 0.741. The molecule has 1 aromatic carbocycles. The van der Waals surface area contributed by atoms with Crippen molar-refractivity contribution in [3.8, 4) is 11.5 Å². The summed E-state index contributed by atoms with van der Waals surface area (Å²) in [6.07, 6.45) is 2.69. The molecule has 1 aliphatic heterocycles. The second-order valence-corrected chi connectivity index (χ2v) is 7.23. The van der Waals surface area contributed by atoms with Crippen LogP contribution in [-0.2, 0) is 13.1 Å². The maximum atomic E-state index is 12.7. The SMILES string of the molecule is CCN(Cc1ccccn1)C(=O)N[C@H]1CCN(Cc2cc(OC)cc(OC)c2)C1. The molecule has 0 aliphatic carbocycles. The van der Waals surface area contributed by atoms with E-state index in [4.69, 9.17) is 9.47 Å². The van der Waals surface area contributed by atoms with Gasteiger partial charge in [-0.2, -0.15) is 0 Å². The summed E-state index contributed by atoms with van der Waals surface area (Å²) >= 11 is 0. The van der Waals surface area contributed by atoms with Crippen molar-refractivity contribution >= 4 is 6.03 Å². The highest BCUT2D eigenvalue weighted by Crippen LogP contribution is 2.24. The van der Waals surface area contributed by atoms with Crippen LogP contribution in [0.25, 0.3) is 0 Å². The lowest BCUT2D eigenvalue weighted by Crippen LogP contribution is -2.45. The van der Waals surface area contributed by atoms with Crippen LogP contribution in [-0.4, -0.2) is 60.7 Å². The Kier molecular flexibility index (Phi) is 7.30. The van der Waals surface area contributed by atoms with E-state index in [1.807, 2.05) is 43.3 Å². The fourth-order valence-electron chi connectivity index (χ4n) is 3.59. The second kappa shape index (κ2) is 10.1. The Morgan fingerprint density at radius 1 is 1.24 bits per heavy atom. The van der Waals surface area contributed by atoms with Gasteiger partial charge in [0, 0.05) is 44.5 Å². The number of pyridine rings is 1. The van der Waals surface area contributed by atoms with Crippen LogP contribution in [0.3, 0.4) is 0 Å². The summed E-state index contributed by atoms with van der Waals surface area (Å²) in [6, 6.07) is 11.8. The number of urea groups is 1. The summed E-state index contributed by atoms with van der Waals surface area (Å²) < 4.78 is 10.7. The molecule has 0 radical (unpaired) electrons. The zero-order valence-corrected chi connectivity index (χ0v) is 17.4. The van der Waals surface area contributed by atoms with Crippen molar-refractivity contribution in [3.63, 3.8) is 0 Å². The molecule has 0 bridgehead atoms. The summed E-state index contributed by atoms with van der Waals surface area (Å²) in [5, 5.41) is 3.18. The molecule has 0 unspecified atom stereocenters. The molecule has 1 fully saturated rings. The minimum Gasteiger partial charge on any atom is -0.497 e. The Balaban J connectivity index is 1.53. The molecule has 1 atom stereocenters. The standard InChI is InChI=1S/C22H30N4O3/c1-4-26(16-18-7-5-6-9-23-18)22(27)24-19-8-10-25(15-19)14-17-11-20(28-2)13-21(12-17)29-3/h5-7,9,11-13,19H,4,8,10,14-16H2,1-3H3,(H,24,27)/t19-/m0/s1. The molecule has 1 aromatic heterocycles. The third-order valence-electron chi connectivity index (χ3n) is 5.17. The topological polar surface area (TPSA) is 66.9 Å². The number of nitrogens with one attached hydrogen (secondary N) is 1.